The second kappa shape index (κ2) is 3.74. The van der Waals surface area contributed by atoms with Crippen molar-refractivity contribution < 1.29 is 4.79 Å². The van der Waals surface area contributed by atoms with Gasteiger partial charge in [-0.05, 0) is 25.7 Å². The Bertz CT molecular complexity index is 321. The van der Waals surface area contributed by atoms with Crippen molar-refractivity contribution in [3.8, 4) is 0 Å². The molecule has 2 rings (SSSR count). The summed E-state index contributed by atoms with van der Waals surface area (Å²) in [6.07, 6.45) is 7.01. The Morgan fingerprint density at radius 1 is 1.57 bits per heavy atom. The van der Waals surface area contributed by atoms with Crippen molar-refractivity contribution in [2.75, 3.05) is 0 Å². The summed E-state index contributed by atoms with van der Waals surface area (Å²) in [7, 11) is 0. The van der Waals surface area contributed by atoms with Gasteiger partial charge >= 0.3 is 0 Å². The van der Waals surface area contributed by atoms with E-state index in [0.29, 0.717) is 11.6 Å². The second-order valence-corrected chi connectivity index (χ2v) is 3.69. The average Bonchev–Trinajstić information content (AvgIpc) is 3.02. The van der Waals surface area contributed by atoms with E-state index in [1.807, 2.05) is 6.92 Å². The van der Waals surface area contributed by atoms with Gasteiger partial charge < -0.3 is 5.32 Å². The van der Waals surface area contributed by atoms with Gasteiger partial charge in [0.25, 0.3) is 5.91 Å². The van der Waals surface area contributed by atoms with Gasteiger partial charge in [0, 0.05) is 18.4 Å². The first-order chi connectivity index (χ1) is 6.77. The lowest BCUT2D eigenvalue weighted by atomic mass is 10.2. The molecule has 4 nitrogen and oxygen atoms in total. The molecule has 1 aliphatic carbocycles. The van der Waals surface area contributed by atoms with Crippen molar-refractivity contribution in [3.63, 3.8) is 0 Å². The van der Waals surface area contributed by atoms with E-state index in [4.69, 9.17) is 0 Å². The van der Waals surface area contributed by atoms with E-state index in [-0.39, 0.29) is 11.9 Å². The highest BCUT2D eigenvalue weighted by Gasteiger charge is 2.29. The van der Waals surface area contributed by atoms with Gasteiger partial charge in [-0.25, -0.2) is 4.98 Å². The molecule has 1 heterocycles. The van der Waals surface area contributed by atoms with Crippen LogP contribution >= 0.6 is 0 Å². The first-order valence-electron chi connectivity index (χ1n) is 4.84. The minimum atomic E-state index is -0.127. The van der Waals surface area contributed by atoms with E-state index in [0.717, 1.165) is 0 Å². The number of amides is 1. The Balaban J connectivity index is 1.95. The fourth-order valence-electron chi connectivity index (χ4n) is 1.41. The first kappa shape index (κ1) is 9.12. The van der Waals surface area contributed by atoms with Crippen LogP contribution in [0.3, 0.4) is 0 Å². The lowest BCUT2D eigenvalue weighted by molar-refractivity contribution is 0.0930. The summed E-state index contributed by atoms with van der Waals surface area (Å²) in [5.74, 6) is 0.535. The van der Waals surface area contributed by atoms with Crippen LogP contribution in [0, 0.1) is 5.92 Å². The minimum absolute atomic E-state index is 0.127. The molecule has 74 valence electrons. The van der Waals surface area contributed by atoms with E-state index in [2.05, 4.69) is 15.3 Å². The third kappa shape index (κ3) is 2.07. The smallest absolute Gasteiger partial charge is 0.271 e. The van der Waals surface area contributed by atoms with E-state index in [1.165, 1.54) is 25.2 Å². The zero-order chi connectivity index (χ0) is 9.97. The Morgan fingerprint density at radius 2 is 2.36 bits per heavy atom. The van der Waals surface area contributed by atoms with Crippen LogP contribution in [0.1, 0.15) is 30.3 Å². The van der Waals surface area contributed by atoms with Gasteiger partial charge in [-0.15, -0.1) is 0 Å². The van der Waals surface area contributed by atoms with Crippen LogP contribution in [0.4, 0.5) is 0 Å². The Morgan fingerprint density at radius 3 is 2.93 bits per heavy atom. The number of nitrogens with zero attached hydrogens (tertiary/aromatic N) is 2. The summed E-state index contributed by atoms with van der Waals surface area (Å²) < 4.78 is 0. The molecule has 1 saturated carbocycles. The van der Waals surface area contributed by atoms with Gasteiger partial charge in [-0.3, -0.25) is 9.78 Å². The normalized spacial score (nSPS) is 17.5. The lowest BCUT2D eigenvalue weighted by Gasteiger charge is -2.11. The van der Waals surface area contributed by atoms with Crippen LogP contribution in [0.5, 0.6) is 0 Å². The van der Waals surface area contributed by atoms with Crippen molar-refractivity contribution in [2.24, 2.45) is 5.92 Å². The van der Waals surface area contributed by atoms with Gasteiger partial charge in [0.15, 0.2) is 0 Å². The largest absolute Gasteiger partial charge is 0.348 e. The molecule has 1 atom stereocenters. The van der Waals surface area contributed by atoms with Crippen molar-refractivity contribution >= 4 is 5.91 Å². The summed E-state index contributed by atoms with van der Waals surface area (Å²) in [5, 5.41) is 2.92. The number of rotatable bonds is 3. The summed E-state index contributed by atoms with van der Waals surface area (Å²) >= 11 is 0. The molecule has 14 heavy (non-hydrogen) atoms. The fraction of sp³-hybridized carbons (Fsp3) is 0.500. The van der Waals surface area contributed by atoms with Gasteiger partial charge in [0.1, 0.15) is 5.69 Å². The predicted molar refractivity (Wildman–Crippen MR) is 51.7 cm³/mol. The van der Waals surface area contributed by atoms with Crippen molar-refractivity contribution in [1.29, 1.82) is 0 Å². The summed E-state index contributed by atoms with van der Waals surface area (Å²) in [4.78, 5) is 19.4. The van der Waals surface area contributed by atoms with Gasteiger partial charge in [0.2, 0.25) is 0 Å². The number of nitrogens with one attached hydrogen (secondary N) is 1. The molecule has 1 amide bonds. The first-order valence-corrected chi connectivity index (χ1v) is 4.84. The molecule has 0 saturated heterocycles. The highest BCUT2D eigenvalue weighted by molar-refractivity contribution is 5.92. The van der Waals surface area contributed by atoms with Crippen LogP contribution in [0.2, 0.25) is 0 Å². The molecule has 1 aromatic heterocycles. The highest BCUT2D eigenvalue weighted by atomic mass is 16.1. The molecular weight excluding hydrogens is 178 g/mol. The average molecular weight is 191 g/mol. The SMILES string of the molecule is CC(NC(=O)c1cnccn1)C1CC1. The molecule has 0 radical (unpaired) electrons. The van der Waals surface area contributed by atoms with Crippen LogP contribution < -0.4 is 5.32 Å². The maximum Gasteiger partial charge on any atom is 0.271 e. The zero-order valence-corrected chi connectivity index (χ0v) is 8.10. The van der Waals surface area contributed by atoms with Crippen LogP contribution in [-0.4, -0.2) is 21.9 Å². The lowest BCUT2D eigenvalue weighted by Crippen LogP contribution is -2.34. The maximum absolute atomic E-state index is 11.6. The number of carbonyl (C=O) groups is 1. The minimum Gasteiger partial charge on any atom is -0.348 e. The predicted octanol–water partition coefficient (Wildman–Crippen LogP) is 1.00. The maximum atomic E-state index is 11.6. The number of carbonyl (C=O) groups excluding carboxylic acids is 1. The van der Waals surface area contributed by atoms with Crippen LogP contribution in [0.15, 0.2) is 18.6 Å². The topological polar surface area (TPSA) is 54.9 Å². The Labute approximate surface area is 82.8 Å². The Kier molecular flexibility index (Phi) is 2.43. The van der Waals surface area contributed by atoms with Crippen LogP contribution in [0.25, 0.3) is 0 Å². The third-order valence-corrected chi connectivity index (χ3v) is 2.48. The van der Waals surface area contributed by atoms with Gasteiger partial charge in [-0.1, -0.05) is 0 Å². The number of hydrogen-bond donors (Lipinski definition) is 1. The number of hydrogen-bond acceptors (Lipinski definition) is 3. The molecule has 1 N–H and O–H groups in total. The van der Waals surface area contributed by atoms with E-state index < -0.39 is 0 Å². The molecular formula is C10H13N3O. The van der Waals surface area contributed by atoms with Gasteiger partial charge in [-0.2, -0.15) is 0 Å². The molecule has 1 fully saturated rings. The molecule has 0 bridgehead atoms. The summed E-state index contributed by atoms with van der Waals surface area (Å²) in [6.45, 7) is 2.03. The zero-order valence-electron chi connectivity index (χ0n) is 8.10. The fourth-order valence-corrected chi connectivity index (χ4v) is 1.41. The molecule has 1 unspecified atom stereocenters. The molecule has 0 aromatic carbocycles. The standard InChI is InChI=1S/C10H13N3O/c1-7(8-2-3-8)13-10(14)9-6-11-4-5-12-9/h4-8H,2-3H2,1H3,(H,13,14). The van der Waals surface area contributed by atoms with Gasteiger partial charge in [0.05, 0.1) is 6.20 Å². The van der Waals surface area contributed by atoms with E-state index >= 15 is 0 Å². The molecule has 0 aliphatic heterocycles. The van der Waals surface area contributed by atoms with Crippen molar-refractivity contribution in [2.45, 2.75) is 25.8 Å². The summed E-state index contributed by atoms with van der Waals surface area (Å²) in [6, 6.07) is 0.254. The van der Waals surface area contributed by atoms with Crippen molar-refractivity contribution in [3.05, 3.63) is 24.3 Å². The molecule has 0 spiro atoms. The van der Waals surface area contributed by atoms with Crippen molar-refractivity contribution in [1.82, 2.24) is 15.3 Å². The summed E-state index contributed by atoms with van der Waals surface area (Å²) in [5.41, 5.74) is 0.389. The third-order valence-electron chi connectivity index (χ3n) is 2.48. The van der Waals surface area contributed by atoms with Crippen LogP contribution in [-0.2, 0) is 0 Å². The van der Waals surface area contributed by atoms with E-state index in [9.17, 15) is 4.79 Å². The monoisotopic (exact) mass is 191 g/mol. The number of aromatic nitrogens is 2. The second-order valence-electron chi connectivity index (χ2n) is 3.69. The quantitative estimate of drug-likeness (QED) is 0.775. The molecule has 4 heteroatoms. The van der Waals surface area contributed by atoms with E-state index in [1.54, 1.807) is 6.20 Å². The highest BCUT2D eigenvalue weighted by Crippen LogP contribution is 2.32. The molecule has 1 aliphatic rings. The Hall–Kier alpha value is -1.45. The molecule has 1 aromatic rings.